The van der Waals surface area contributed by atoms with Crippen LogP contribution in [0.4, 0.5) is 22.7 Å². The molecule has 0 bridgehead atoms. The Morgan fingerprint density at radius 2 is 1.45 bits per heavy atom. The minimum Gasteiger partial charge on any atom is -0.372 e. The molecule has 0 radical (unpaired) electrons. The number of rotatable bonds is 11. The van der Waals surface area contributed by atoms with Gasteiger partial charge in [0.1, 0.15) is 6.20 Å². The number of hydrazone groups is 1. The largest absolute Gasteiger partial charge is 0.372 e. The molecule has 0 spiro atoms. The molecule has 29 heavy (non-hydrogen) atoms. The van der Waals surface area contributed by atoms with Gasteiger partial charge in [0.2, 0.25) is 0 Å². The Kier molecular flexibility index (Phi) is 9.05. The molecule has 2 rings (SSSR count). The first-order chi connectivity index (χ1) is 14.1. The number of nitrogens with zero attached hydrogens (tertiary/aromatic N) is 4. The van der Waals surface area contributed by atoms with Gasteiger partial charge >= 0.3 is 0 Å². The van der Waals surface area contributed by atoms with Crippen LogP contribution < -0.4 is 20.5 Å². The predicted octanol–water partition coefficient (Wildman–Crippen LogP) is 3.29. The lowest BCUT2D eigenvalue weighted by Gasteiger charge is -2.21. The van der Waals surface area contributed by atoms with E-state index >= 15 is 0 Å². The fourth-order valence-corrected chi connectivity index (χ4v) is 2.92. The average molecular weight is 396 g/mol. The maximum absolute atomic E-state index is 4.50. The van der Waals surface area contributed by atoms with E-state index in [1.807, 2.05) is 50.1 Å². The summed E-state index contributed by atoms with van der Waals surface area (Å²) in [6.45, 7) is 7.16. The quantitative estimate of drug-likeness (QED) is 0.453. The van der Waals surface area contributed by atoms with Crippen molar-refractivity contribution in [2.45, 2.75) is 13.8 Å². The Labute approximate surface area is 175 Å². The fourth-order valence-electron chi connectivity index (χ4n) is 2.92. The van der Waals surface area contributed by atoms with Gasteiger partial charge in [-0.2, -0.15) is 5.10 Å². The van der Waals surface area contributed by atoms with Crippen LogP contribution in [0, 0.1) is 0 Å². The summed E-state index contributed by atoms with van der Waals surface area (Å²) in [7, 11) is 5.99. The summed E-state index contributed by atoms with van der Waals surface area (Å²) in [4.78, 5) is 4.42. The third-order valence-electron chi connectivity index (χ3n) is 4.68. The van der Waals surface area contributed by atoms with Gasteiger partial charge in [0.15, 0.2) is 0 Å². The molecule has 0 amide bonds. The molecule has 0 unspecified atom stereocenters. The first-order valence-electron chi connectivity index (χ1n) is 10.2. The highest BCUT2D eigenvalue weighted by molar-refractivity contribution is 5.66. The van der Waals surface area contributed by atoms with Crippen molar-refractivity contribution < 1.29 is 5.32 Å². The maximum Gasteiger partial charge on any atom is 0.108 e. The molecule has 0 saturated carbocycles. The van der Waals surface area contributed by atoms with Gasteiger partial charge in [0, 0.05) is 50.5 Å². The SMILES string of the molecule is CCN(CC)c1ccc(Nc2ccc(N(C)/N=C/CN(C)/C=C\[NH2+]C)cc2)cc1. The molecule has 3 N–H and O–H groups in total. The van der Waals surface area contributed by atoms with E-state index in [4.69, 9.17) is 0 Å². The van der Waals surface area contributed by atoms with Crippen molar-refractivity contribution >= 4 is 29.0 Å². The van der Waals surface area contributed by atoms with Crippen LogP contribution in [0.1, 0.15) is 13.8 Å². The molecule has 0 aliphatic heterocycles. The van der Waals surface area contributed by atoms with Crippen molar-refractivity contribution in [3.05, 3.63) is 60.9 Å². The van der Waals surface area contributed by atoms with Gasteiger partial charge < -0.3 is 20.4 Å². The minimum absolute atomic E-state index is 0.762. The summed E-state index contributed by atoms with van der Waals surface area (Å²) in [6, 6.07) is 16.9. The number of nitrogens with two attached hydrogens (primary N) is 1. The second-order valence-electron chi connectivity index (χ2n) is 6.83. The van der Waals surface area contributed by atoms with Gasteiger partial charge in [-0.25, -0.2) is 0 Å². The molecule has 6 heteroatoms. The zero-order valence-corrected chi connectivity index (χ0v) is 18.3. The summed E-state index contributed by atoms with van der Waals surface area (Å²) in [5.41, 5.74) is 4.44. The second-order valence-corrected chi connectivity index (χ2v) is 6.83. The Morgan fingerprint density at radius 1 is 0.897 bits per heavy atom. The predicted molar refractivity (Wildman–Crippen MR) is 126 cm³/mol. The van der Waals surface area contributed by atoms with Gasteiger partial charge in [-0.15, -0.1) is 0 Å². The standard InChI is InChI=1S/C23H34N6/c1-6-29(7-2)23-14-10-21(11-15-23)26-20-8-12-22(13-9-20)28(5)25-17-19-27(4)18-16-24-3/h8-18,24,26H,6-7,19H2,1-5H3/p+1/b18-16-,25-17+. The average Bonchev–Trinajstić information content (AvgIpc) is 2.74. The molecule has 0 aromatic heterocycles. The second kappa shape index (κ2) is 11.8. The van der Waals surface area contributed by atoms with Crippen molar-refractivity contribution in [1.29, 1.82) is 0 Å². The van der Waals surface area contributed by atoms with Crippen LogP contribution in [-0.4, -0.2) is 51.9 Å². The smallest absolute Gasteiger partial charge is 0.108 e. The number of nitrogens with one attached hydrogen (secondary N) is 1. The van der Waals surface area contributed by atoms with Gasteiger partial charge in [-0.05, 0) is 62.4 Å². The molecule has 6 nitrogen and oxygen atoms in total. The van der Waals surface area contributed by atoms with Gasteiger partial charge in [0.25, 0.3) is 0 Å². The Bertz CT molecular complexity index is 763. The lowest BCUT2D eigenvalue weighted by molar-refractivity contribution is -0.557. The Morgan fingerprint density at radius 3 is 1.97 bits per heavy atom. The zero-order chi connectivity index (χ0) is 21.1. The molecule has 0 heterocycles. The number of hydrogen-bond donors (Lipinski definition) is 2. The first kappa shape index (κ1) is 22.3. The van der Waals surface area contributed by atoms with Crippen molar-refractivity contribution in [2.24, 2.45) is 5.10 Å². The monoisotopic (exact) mass is 395 g/mol. The van der Waals surface area contributed by atoms with E-state index < -0.39 is 0 Å². The molecule has 156 valence electrons. The van der Waals surface area contributed by atoms with Crippen LogP contribution in [-0.2, 0) is 0 Å². The minimum atomic E-state index is 0.762. The van der Waals surface area contributed by atoms with E-state index in [1.54, 1.807) is 0 Å². The third kappa shape index (κ3) is 7.16. The van der Waals surface area contributed by atoms with Crippen LogP contribution in [0.3, 0.4) is 0 Å². The molecule has 0 aliphatic rings. The zero-order valence-electron chi connectivity index (χ0n) is 18.3. The molecular weight excluding hydrogens is 360 g/mol. The highest BCUT2D eigenvalue weighted by Crippen LogP contribution is 2.23. The third-order valence-corrected chi connectivity index (χ3v) is 4.68. The number of quaternary nitrogens is 1. The van der Waals surface area contributed by atoms with Gasteiger partial charge in [-0.1, -0.05) is 0 Å². The van der Waals surface area contributed by atoms with Crippen molar-refractivity contribution in [1.82, 2.24) is 4.90 Å². The van der Waals surface area contributed by atoms with Crippen LogP contribution in [0.2, 0.25) is 0 Å². The lowest BCUT2D eigenvalue weighted by atomic mass is 10.2. The van der Waals surface area contributed by atoms with Crippen molar-refractivity contribution in [2.75, 3.05) is 56.0 Å². The maximum atomic E-state index is 4.50. The van der Waals surface area contributed by atoms with Crippen LogP contribution in [0.5, 0.6) is 0 Å². The fraction of sp³-hybridized carbons (Fsp3) is 0.348. The summed E-state index contributed by atoms with van der Waals surface area (Å²) in [6.07, 6.45) is 5.95. The Balaban J connectivity index is 1.91. The molecule has 0 atom stereocenters. The normalized spacial score (nSPS) is 11.2. The summed E-state index contributed by atoms with van der Waals surface area (Å²) in [5, 5.41) is 11.8. The molecule has 0 fully saturated rings. The van der Waals surface area contributed by atoms with Crippen LogP contribution in [0.15, 0.2) is 66.0 Å². The summed E-state index contributed by atoms with van der Waals surface area (Å²) >= 11 is 0. The summed E-state index contributed by atoms with van der Waals surface area (Å²) in [5.74, 6) is 0. The molecule has 0 aliphatic carbocycles. The lowest BCUT2D eigenvalue weighted by Crippen LogP contribution is -2.72. The van der Waals surface area contributed by atoms with Crippen LogP contribution in [0.25, 0.3) is 0 Å². The molecule has 2 aromatic rings. The van der Waals surface area contributed by atoms with E-state index in [1.165, 1.54) is 5.69 Å². The summed E-state index contributed by atoms with van der Waals surface area (Å²) < 4.78 is 0. The van der Waals surface area contributed by atoms with Crippen LogP contribution >= 0.6 is 0 Å². The molecule has 2 aromatic carbocycles. The van der Waals surface area contributed by atoms with E-state index in [-0.39, 0.29) is 0 Å². The first-order valence-corrected chi connectivity index (χ1v) is 10.2. The van der Waals surface area contributed by atoms with Gasteiger partial charge in [0.05, 0.1) is 25.5 Å². The number of benzene rings is 2. The number of hydrogen-bond acceptors (Lipinski definition) is 5. The number of anilines is 4. The molecular formula is C23H35N6+. The molecule has 0 saturated heterocycles. The highest BCUT2D eigenvalue weighted by Gasteiger charge is 2.03. The topological polar surface area (TPSA) is 50.7 Å². The van der Waals surface area contributed by atoms with Crippen molar-refractivity contribution in [3.63, 3.8) is 0 Å². The van der Waals surface area contributed by atoms with Gasteiger partial charge in [-0.3, -0.25) is 5.01 Å². The van der Waals surface area contributed by atoms with E-state index in [2.05, 4.69) is 82.6 Å². The van der Waals surface area contributed by atoms with E-state index in [0.29, 0.717) is 0 Å². The highest BCUT2D eigenvalue weighted by atomic mass is 15.4. The van der Waals surface area contributed by atoms with Crippen molar-refractivity contribution in [3.8, 4) is 0 Å². The Hall–Kier alpha value is -2.99. The van der Waals surface area contributed by atoms with E-state index in [9.17, 15) is 0 Å². The van der Waals surface area contributed by atoms with E-state index in [0.717, 1.165) is 36.7 Å².